The van der Waals surface area contributed by atoms with Gasteiger partial charge in [0.15, 0.2) is 6.10 Å². The van der Waals surface area contributed by atoms with Crippen LogP contribution in [0.2, 0.25) is 0 Å². The average molecular weight is 469 g/mol. The maximum Gasteiger partial charge on any atom is 0.490 e. The second-order valence-electron chi connectivity index (χ2n) is 9.20. The van der Waals surface area contributed by atoms with E-state index in [1.54, 1.807) is 0 Å². The van der Waals surface area contributed by atoms with E-state index in [0.717, 1.165) is 63.6 Å². The lowest BCUT2D eigenvalue weighted by Crippen LogP contribution is -2.48. The normalized spacial score (nSPS) is 25.4. The molecule has 3 aliphatic rings. The van der Waals surface area contributed by atoms with Crippen molar-refractivity contribution in [2.24, 2.45) is 11.8 Å². The second kappa shape index (κ2) is 10.4. The van der Waals surface area contributed by atoms with E-state index in [-0.39, 0.29) is 6.42 Å². The summed E-state index contributed by atoms with van der Waals surface area (Å²) in [4.78, 5) is 28.1. The van der Waals surface area contributed by atoms with Gasteiger partial charge in [0.1, 0.15) is 0 Å². The number of likely N-dealkylation sites (tertiary alicyclic amines) is 1. The largest absolute Gasteiger partial charge is 0.490 e. The highest BCUT2D eigenvalue weighted by atomic mass is 19.4. The lowest BCUT2D eigenvalue weighted by atomic mass is 9.85. The number of piperidine rings is 1. The van der Waals surface area contributed by atoms with Crippen LogP contribution in [0.25, 0.3) is 0 Å². The van der Waals surface area contributed by atoms with Gasteiger partial charge in [-0.3, -0.25) is 4.79 Å². The molecule has 0 aliphatic carbocycles. The molecule has 4 rings (SSSR count). The fourth-order valence-electron chi connectivity index (χ4n) is 5.29. The molecule has 182 valence electrons. The number of benzene rings is 1. The van der Waals surface area contributed by atoms with E-state index in [2.05, 4.69) is 9.64 Å². The predicted molar refractivity (Wildman–Crippen MR) is 116 cm³/mol. The zero-order chi connectivity index (χ0) is 23.4. The van der Waals surface area contributed by atoms with Crippen molar-refractivity contribution < 1.29 is 32.2 Å². The summed E-state index contributed by atoms with van der Waals surface area (Å²) in [7, 11) is 0. The van der Waals surface area contributed by atoms with Crippen molar-refractivity contribution in [3.63, 3.8) is 0 Å². The Morgan fingerprint density at radius 3 is 2.58 bits per heavy atom. The molecule has 0 radical (unpaired) electrons. The van der Waals surface area contributed by atoms with Crippen LogP contribution in [0.3, 0.4) is 0 Å². The maximum absolute atomic E-state index is 12.9. The molecule has 3 saturated heterocycles. The Bertz CT molecular complexity index is 841. The molecule has 0 N–H and O–H groups in total. The number of esters is 1. The summed E-state index contributed by atoms with van der Waals surface area (Å²) in [6, 6.07) is 7.49. The van der Waals surface area contributed by atoms with Gasteiger partial charge in [-0.05, 0) is 68.5 Å². The Hall–Kier alpha value is -2.13. The van der Waals surface area contributed by atoms with Crippen LogP contribution in [0.4, 0.5) is 18.9 Å². The minimum Gasteiger partial charge on any atom is -0.446 e. The molecular weight excluding hydrogens is 437 g/mol. The van der Waals surface area contributed by atoms with Crippen LogP contribution in [0.5, 0.6) is 0 Å². The molecule has 33 heavy (non-hydrogen) atoms. The first kappa shape index (κ1) is 24.0. The summed E-state index contributed by atoms with van der Waals surface area (Å²) >= 11 is 0. The van der Waals surface area contributed by atoms with Crippen molar-refractivity contribution in [2.45, 2.75) is 50.8 Å². The van der Waals surface area contributed by atoms with E-state index in [9.17, 15) is 22.8 Å². The van der Waals surface area contributed by atoms with Gasteiger partial charge < -0.3 is 19.3 Å². The zero-order valence-electron chi connectivity index (χ0n) is 18.7. The summed E-state index contributed by atoms with van der Waals surface area (Å²) in [6.45, 7) is 5.11. The zero-order valence-corrected chi connectivity index (χ0v) is 18.7. The molecule has 3 heterocycles. The standard InChI is InChI=1S/C24H31F3N2O4/c25-24(26,27)23(31)33-21-6-3-11-29(22(21)30)20-5-2-1-4-18(20)7-12-28-13-8-19(16-28)17-9-14-32-15-10-17/h1-2,4-5,17,19,21H,3,6-16H2. The number of para-hydroxylation sites is 1. The van der Waals surface area contributed by atoms with Crippen molar-refractivity contribution in [3.8, 4) is 0 Å². The number of ether oxygens (including phenoxy) is 2. The van der Waals surface area contributed by atoms with Gasteiger partial charge in [0, 0.05) is 38.5 Å². The Morgan fingerprint density at radius 2 is 1.82 bits per heavy atom. The average Bonchev–Trinajstić information content (AvgIpc) is 3.28. The van der Waals surface area contributed by atoms with Crippen molar-refractivity contribution in [1.82, 2.24) is 4.90 Å². The summed E-state index contributed by atoms with van der Waals surface area (Å²) in [5, 5.41) is 0. The minimum absolute atomic E-state index is 0.0979. The van der Waals surface area contributed by atoms with Crippen LogP contribution in [-0.4, -0.2) is 68.4 Å². The van der Waals surface area contributed by atoms with Crippen LogP contribution in [0.1, 0.15) is 37.7 Å². The minimum atomic E-state index is -5.11. The molecule has 9 heteroatoms. The highest BCUT2D eigenvalue weighted by Crippen LogP contribution is 2.32. The van der Waals surface area contributed by atoms with E-state index < -0.39 is 24.2 Å². The Labute approximate surface area is 192 Å². The maximum atomic E-state index is 12.9. The van der Waals surface area contributed by atoms with Crippen LogP contribution in [0, 0.1) is 11.8 Å². The first-order valence-electron chi connectivity index (χ1n) is 11.8. The van der Waals surface area contributed by atoms with Gasteiger partial charge in [-0.1, -0.05) is 18.2 Å². The number of rotatable bonds is 6. The van der Waals surface area contributed by atoms with Crippen molar-refractivity contribution in [2.75, 3.05) is 44.3 Å². The van der Waals surface area contributed by atoms with Crippen LogP contribution >= 0.6 is 0 Å². The fraction of sp³-hybridized carbons (Fsp3) is 0.667. The highest BCUT2D eigenvalue weighted by molar-refractivity contribution is 5.99. The van der Waals surface area contributed by atoms with Gasteiger partial charge in [0.05, 0.1) is 0 Å². The Kier molecular flexibility index (Phi) is 7.58. The Morgan fingerprint density at radius 1 is 1.06 bits per heavy atom. The number of hydrogen-bond donors (Lipinski definition) is 0. The smallest absolute Gasteiger partial charge is 0.446 e. The quantitative estimate of drug-likeness (QED) is 0.598. The molecule has 0 bridgehead atoms. The molecule has 1 amide bonds. The van der Waals surface area contributed by atoms with E-state index in [1.165, 1.54) is 11.3 Å². The fourth-order valence-corrected chi connectivity index (χ4v) is 5.29. The molecule has 0 aromatic heterocycles. The molecule has 0 spiro atoms. The van der Waals surface area contributed by atoms with Crippen molar-refractivity contribution in [1.29, 1.82) is 0 Å². The van der Waals surface area contributed by atoms with Gasteiger partial charge in [-0.15, -0.1) is 0 Å². The summed E-state index contributed by atoms with van der Waals surface area (Å²) in [6.07, 6.45) is -1.73. The van der Waals surface area contributed by atoms with Crippen LogP contribution < -0.4 is 4.90 Å². The summed E-state index contributed by atoms with van der Waals surface area (Å²) < 4.78 is 47.8. The van der Waals surface area contributed by atoms with Gasteiger partial charge in [-0.2, -0.15) is 13.2 Å². The van der Waals surface area contributed by atoms with Gasteiger partial charge in [0.2, 0.25) is 0 Å². The summed E-state index contributed by atoms with van der Waals surface area (Å²) in [5.74, 6) is -1.47. The highest BCUT2D eigenvalue weighted by Gasteiger charge is 2.44. The topological polar surface area (TPSA) is 59.1 Å². The molecule has 1 aromatic carbocycles. The number of halogens is 3. The van der Waals surface area contributed by atoms with Crippen LogP contribution in [-0.2, 0) is 25.5 Å². The molecular formula is C24H31F3N2O4. The predicted octanol–water partition coefficient (Wildman–Crippen LogP) is 3.58. The number of hydrogen-bond acceptors (Lipinski definition) is 5. The Balaban J connectivity index is 1.37. The van der Waals surface area contributed by atoms with Gasteiger partial charge in [0.25, 0.3) is 5.91 Å². The lowest BCUT2D eigenvalue weighted by molar-refractivity contribution is -0.205. The number of alkyl halides is 3. The molecule has 6 nitrogen and oxygen atoms in total. The molecule has 2 atom stereocenters. The molecule has 2 unspecified atom stereocenters. The van der Waals surface area contributed by atoms with E-state index in [1.807, 2.05) is 24.3 Å². The molecule has 0 saturated carbocycles. The SMILES string of the molecule is O=C1C(OC(=O)C(F)(F)F)CCCN1c1ccccc1CCN1CCC(C2CCOCC2)C1. The van der Waals surface area contributed by atoms with Gasteiger partial charge in [-0.25, -0.2) is 4.79 Å². The lowest BCUT2D eigenvalue weighted by Gasteiger charge is -2.33. The first-order chi connectivity index (χ1) is 15.8. The molecule has 3 aliphatic heterocycles. The van der Waals surface area contributed by atoms with Crippen molar-refractivity contribution >= 4 is 17.6 Å². The summed E-state index contributed by atoms with van der Waals surface area (Å²) in [5.41, 5.74) is 1.67. The number of amides is 1. The monoisotopic (exact) mass is 468 g/mol. The van der Waals surface area contributed by atoms with E-state index >= 15 is 0 Å². The second-order valence-corrected chi connectivity index (χ2v) is 9.20. The van der Waals surface area contributed by atoms with Crippen LogP contribution in [0.15, 0.2) is 24.3 Å². The van der Waals surface area contributed by atoms with Crippen molar-refractivity contribution in [3.05, 3.63) is 29.8 Å². The molecule has 3 fully saturated rings. The van der Waals surface area contributed by atoms with Gasteiger partial charge >= 0.3 is 12.1 Å². The number of nitrogens with zero attached hydrogens (tertiary/aromatic N) is 2. The number of carbonyl (C=O) groups excluding carboxylic acids is 2. The third-order valence-corrected chi connectivity index (χ3v) is 7.09. The third kappa shape index (κ3) is 5.87. The van der Waals surface area contributed by atoms with E-state index in [0.29, 0.717) is 24.6 Å². The van der Waals surface area contributed by atoms with E-state index in [4.69, 9.17) is 4.74 Å². The number of anilines is 1. The number of carbonyl (C=O) groups is 2. The first-order valence-corrected chi connectivity index (χ1v) is 11.8. The third-order valence-electron chi connectivity index (χ3n) is 7.09. The molecule has 1 aromatic rings.